The third kappa shape index (κ3) is 2.94. The Morgan fingerprint density at radius 2 is 2.00 bits per heavy atom. The van der Waals surface area contributed by atoms with Crippen LogP contribution in [0.1, 0.15) is 18.4 Å². The number of likely N-dealkylation sites (tertiary alicyclic amines) is 1. The molecule has 1 amide bonds. The van der Waals surface area contributed by atoms with Crippen LogP contribution in [0.3, 0.4) is 0 Å². The highest BCUT2D eigenvalue weighted by molar-refractivity contribution is 5.85. The van der Waals surface area contributed by atoms with Gasteiger partial charge >= 0.3 is 0 Å². The van der Waals surface area contributed by atoms with Crippen molar-refractivity contribution in [1.29, 1.82) is 0 Å². The summed E-state index contributed by atoms with van der Waals surface area (Å²) in [5.74, 6) is 0.866. The van der Waals surface area contributed by atoms with Crippen LogP contribution >= 0.6 is 0 Å². The topological polar surface area (TPSA) is 61.4 Å². The maximum atomic E-state index is 12.9. The zero-order valence-electron chi connectivity index (χ0n) is 15.1. The van der Waals surface area contributed by atoms with Crippen LogP contribution < -0.4 is 10.2 Å². The molecule has 2 atom stereocenters. The predicted molar refractivity (Wildman–Crippen MR) is 101 cm³/mol. The first-order valence-corrected chi connectivity index (χ1v) is 9.25. The molecule has 2 aliphatic rings. The Labute approximate surface area is 154 Å². The van der Waals surface area contributed by atoms with E-state index in [0.717, 1.165) is 45.0 Å². The first kappa shape index (κ1) is 17.0. The number of fused-ring (bicyclic) bond motifs is 1. The molecule has 1 aromatic carbocycles. The third-order valence-electron chi connectivity index (χ3n) is 5.71. The standard InChI is InChI=1S/C20H25N5O/c1-21-18(26)20-9-5-12-25(19-22-10-6-11-23-19)17(20)14-24(15-20)13-16-7-3-2-4-8-16/h2-4,6-8,10-11,17H,5,9,12-15H2,1H3,(H,21,26)/t17-,20-/m1/s1. The molecule has 1 aromatic heterocycles. The average Bonchev–Trinajstić information content (AvgIpc) is 3.08. The Hall–Kier alpha value is -2.47. The van der Waals surface area contributed by atoms with Crippen molar-refractivity contribution >= 4 is 11.9 Å². The number of aromatic nitrogens is 2. The van der Waals surface area contributed by atoms with E-state index in [1.165, 1.54) is 5.56 Å². The summed E-state index contributed by atoms with van der Waals surface area (Å²) in [4.78, 5) is 26.5. The van der Waals surface area contributed by atoms with Crippen molar-refractivity contribution in [2.45, 2.75) is 25.4 Å². The molecule has 136 valence electrons. The van der Waals surface area contributed by atoms with E-state index >= 15 is 0 Å². The minimum absolute atomic E-state index is 0.0994. The third-order valence-corrected chi connectivity index (χ3v) is 5.71. The number of rotatable bonds is 4. The molecule has 2 fully saturated rings. The van der Waals surface area contributed by atoms with Crippen molar-refractivity contribution < 1.29 is 4.79 Å². The average molecular weight is 351 g/mol. The summed E-state index contributed by atoms with van der Waals surface area (Å²) in [5.41, 5.74) is 0.877. The van der Waals surface area contributed by atoms with Crippen LogP contribution in [0.15, 0.2) is 48.8 Å². The zero-order valence-corrected chi connectivity index (χ0v) is 15.1. The number of benzene rings is 1. The lowest BCUT2D eigenvalue weighted by Crippen LogP contribution is -2.58. The number of nitrogens with one attached hydrogen (secondary N) is 1. The van der Waals surface area contributed by atoms with Gasteiger partial charge in [0.25, 0.3) is 0 Å². The Kier molecular flexibility index (Phi) is 4.59. The summed E-state index contributed by atoms with van der Waals surface area (Å²) in [6, 6.07) is 12.4. The number of hydrogen-bond donors (Lipinski definition) is 1. The monoisotopic (exact) mass is 351 g/mol. The van der Waals surface area contributed by atoms with E-state index < -0.39 is 5.41 Å². The van der Waals surface area contributed by atoms with E-state index in [-0.39, 0.29) is 11.9 Å². The number of carbonyl (C=O) groups is 1. The molecular formula is C20H25N5O. The van der Waals surface area contributed by atoms with Crippen molar-refractivity contribution in [3.8, 4) is 0 Å². The Morgan fingerprint density at radius 3 is 2.73 bits per heavy atom. The second-order valence-electron chi connectivity index (χ2n) is 7.25. The van der Waals surface area contributed by atoms with Crippen molar-refractivity contribution in [1.82, 2.24) is 20.2 Å². The number of amides is 1. The van der Waals surface area contributed by atoms with Crippen LogP contribution in [0, 0.1) is 5.41 Å². The number of nitrogens with zero attached hydrogens (tertiary/aromatic N) is 4. The lowest BCUT2D eigenvalue weighted by molar-refractivity contribution is -0.131. The number of piperidine rings is 1. The van der Waals surface area contributed by atoms with Gasteiger partial charge in [0.2, 0.25) is 11.9 Å². The summed E-state index contributed by atoms with van der Waals surface area (Å²) in [7, 11) is 1.74. The lowest BCUT2D eigenvalue weighted by Gasteiger charge is -2.44. The number of anilines is 1. The second kappa shape index (κ2) is 7.03. The molecule has 0 saturated carbocycles. The maximum Gasteiger partial charge on any atom is 0.229 e. The van der Waals surface area contributed by atoms with E-state index in [2.05, 4.69) is 49.4 Å². The van der Waals surface area contributed by atoms with E-state index in [4.69, 9.17) is 0 Å². The van der Waals surface area contributed by atoms with Gasteiger partial charge in [-0.2, -0.15) is 0 Å². The molecule has 2 aromatic rings. The van der Waals surface area contributed by atoms with E-state index in [1.54, 1.807) is 19.4 Å². The molecule has 26 heavy (non-hydrogen) atoms. The molecule has 6 nitrogen and oxygen atoms in total. The fourth-order valence-electron chi connectivity index (χ4n) is 4.58. The summed E-state index contributed by atoms with van der Waals surface area (Å²) in [6.45, 7) is 3.38. The van der Waals surface area contributed by atoms with Gasteiger partial charge in [-0.25, -0.2) is 9.97 Å². The van der Waals surface area contributed by atoms with Crippen LogP contribution in [-0.2, 0) is 11.3 Å². The fourth-order valence-corrected chi connectivity index (χ4v) is 4.58. The van der Waals surface area contributed by atoms with Crippen molar-refractivity contribution in [2.24, 2.45) is 5.41 Å². The highest BCUT2D eigenvalue weighted by Gasteiger charge is 2.55. The van der Waals surface area contributed by atoms with E-state index in [0.29, 0.717) is 0 Å². The first-order chi connectivity index (χ1) is 12.7. The molecule has 6 heteroatoms. The summed E-state index contributed by atoms with van der Waals surface area (Å²) in [5, 5.41) is 2.92. The zero-order chi connectivity index (χ0) is 18.0. The number of hydrogen-bond acceptors (Lipinski definition) is 5. The normalized spacial score (nSPS) is 25.7. The van der Waals surface area contributed by atoms with Crippen molar-refractivity contribution in [3.63, 3.8) is 0 Å². The summed E-state index contributed by atoms with van der Waals surface area (Å²) < 4.78 is 0. The lowest BCUT2D eigenvalue weighted by atomic mass is 9.74. The molecule has 0 bridgehead atoms. The quantitative estimate of drug-likeness (QED) is 0.908. The van der Waals surface area contributed by atoms with E-state index in [1.807, 2.05) is 12.1 Å². The van der Waals surface area contributed by atoms with Gasteiger partial charge < -0.3 is 10.2 Å². The van der Waals surface area contributed by atoms with Crippen molar-refractivity contribution in [2.75, 3.05) is 31.6 Å². The van der Waals surface area contributed by atoms with Crippen LogP contribution in [0.25, 0.3) is 0 Å². The van der Waals surface area contributed by atoms with Gasteiger partial charge in [0, 0.05) is 45.6 Å². The van der Waals surface area contributed by atoms with Gasteiger partial charge in [0.05, 0.1) is 11.5 Å². The largest absolute Gasteiger partial charge is 0.359 e. The van der Waals surface area contributed by atoms with Crippen molar-refractivity contribution in [3.05, 3.63) is 54.4 Å². The molecule has 0 radical (unpaired) electrons. The molecule has 2 saturated heterocycles. The Balaban J connectivity index is 1.64. The molecular weight excluding hydrogens is 326 g/mol. The molecule has 0 spiro atoms. The minimum atomic E-state index is -0.402. The van der Waals surface area contributed by atoms with Crippen LogP contribution in [0.4, 0.5) is 5.95 Å². The van der Waals surface area contributed by atoms with Gasteiger partial charge in [0.15, 0.2) is 0 Å². The minimum Gasteiger partial charge on any atom is -0.359 e. The Bertz CT molecular complexity index is 753. The van der Waals surface area contributed by atoms with Crippen LogP contribution in [0.5, 0.6) is 0 Å². The first-order valence-electron chi connectivity index (χ1n) is 9.25. The van der Waals surface area contributed by atoms with Crippen LogP contribution in [0.2, 0.25) is 0 Å². The molecule has 2 aliphatic heterocycles. The second-order valence-corrected chi connectivity index (χ2v) is 7.25. The molecule has 3 heterocycles. The highest BCUT2D eigenvalue weighted by atomic mass is 16.2. The van der Waals surface area contributed by atoms with Gasteiger partial charge in [-0.05, 0) is 24.5 Å². The predicted octanol–water partition coefficient (Wildman–Crippen LogP) is 1.69. The van der Waals surface area contributed by atoms with Gasteiger partial charge in [-0.3, -0.25) is 9.69 Å². The fraction of sp³-hybridized carbons (Fsp3) is 0.450. The Morgan fingerprint density at radius 1 is 1.23 bits per heavy atom. The van der Waals surface area contributed by atoms with E-state index in [9.17, 15) is 4.79 Å². The van der Waals surface area contributed by atoms with Crippen LogP contribution in [-0.4, -0.2) is 53.5 Å². The smallest absolute Gasteiger partial charge is 0.229 e. The summed E-state index contributed by atoms with van der Waals surface area (Å²) in [6.07, 6.45) is 5.43. The summed E-state index contributed by atoms with van der Waals surface area (Å²) >= 11 is 0. The SMILES string of the molecule is CNC(=O)[C@@]12CCCN(c3ncccn3)[C@@H]1CN(Cc1ccccc1)C2. The highest BCUT2D eigenvalue weighted by Crippen LogP contribution is 2.43. The van der Waals surface area contributed by atoms with Gasteiger partial charge in [-0.15, -0.1) is 0 Å². The molecule has 1 N–H and O–H groups in total. The maximum absolute atomic E-state index is 12.9. The van der Waals surface area contributed by atoms with Gasteiger partial charge in [-0.1, -0.05) is 30.3 Å². The molecule has 4 rings (SSSR count). The molecule has 0 unspecified atom stereocenters. The number of carbonyl (C=O) groups excluding carboxylic acids is 1. The molecule has 0 aliphatic carbocycles. The van der Waals surface area contributed by atoms with Gasteiger partial charge in [0.1, 0.15) is 0 Å².